The standard InChI is InChI=1S/C10H8BrN3O2/c1-14-3-2-12-9(14)7-4-6(10(15)16)5-8(11)13-7/h2-5H,1H3,(H,15,16). The largest absolute Gasteiger partial charge is 0.478 e. The van der Waals surface area contributed by atoms with E-state index < -0.39 is 5.97 Å². The van der Waals surface area contributed by atoms with Crippen molar-refractivity contribution in [1.29, 1.82) is 0 Å². The highest BCUT2D eigenvalue weighted by atomic mass is 79.9. The van der Waals surface area contributed by atoms with Gasteiger partial charge in [0.1, 0.15) is 10.3 Å². The van der Waals surface area contributed by atoms with Gasteiger partial charge >= 0.3 is 5.97 Å². The van der Waals surface area contributed by atoms with Crippen LogP contribution in [0.4, 0.5) is 0 Å². The molecular weight excluding hydrogens is 274 g/mol. The molecule has 0 atom stereocenters. The third-order valence-electron chi connectivity index (χ3n) is 2.09. The van der Waals surface area contributed by atoms with Crippen LogP contribution in [0, 0.1) is 0 Å². The Balaban J connectivity index is 2.58. The smallest absolute Gasteiger partial charge is 0.335 e. The number of halogens is 1. The van der Waals surface area contributed by atoms with E-state index in [9.17, 15) is 4.79 Å². The van der Waals surface area contributed by atoms with E-state index in [4.69, 9.17) is 5.11 Å². The average Bonchev–Trinajstić information content (AvgIpc) is 2.63. The van der Waals surface area contributed by atoms with Crippen LogP contribution in [0.2, 0.25) is 0 Å². The highest BCUT2D eigenvalue weighted by Crippen LogP contribution is 2.19. The van der Waals surface area contributed by atoms with Crippen LogP contribution in [0.3, 0.4) is 0 Å². The van der Waals surface area contributed by atoms with Gasteiger partial charge in [-0.1, -0.05) is 0 Å². The number of aromatic nitrogens is 3. The fraction of sp³-hybridized carbons (Fsp3) is 0.100. The van der Waals surface area contributed by atoms with Gasteiger partial charge in [-0.3, -0.25) is 0 Å². The van der Waals surface area contributed by atoms with E-state index in [1.165, 1.54) is 12.1 Å². The predicted octanol–water partition coefficient (Wildman–Crippen LogP) is 1.94. The van der Waals surface area contributed by atoms with Crippen LogP contribution in [-0.4, -0.2) is 25.6 Å². The molecule has 1 N–H and O–H groups in total. The van der Waals surface area contributed by atoms with Gasteiger partial charge in [0.2, 0.25) is 0 Å². The Morgan fingerprint density at radius 2 is 2.25 bits per heavy atom. The lowest BCUT2D eigenvalue weighted by molar-refractivity contribution is 0.0696. The van der Waals surface area contributed by atoms with Crippen molar-refractivity contribution in [2.75, 3.05) is 0 Å². The number of hydrogen-bond donors (Lipinski definition) is 1. The van der Waals surface area contributed by atoms with Crippen molar-refractivity contribution in [2.45, 2.75) is 0 Å². The normalized spacial score (nSPS) is 10.4. The summed E-state index contributed by atoms with van der Waals surface area (Å²) in [5.74, 6) is -0.359. The van der Waals surface area contributed by atoms with E-state index in [0.717, 1.165) is 0 Å². The van der Waals surface area contributed by atoms with Crippen LogP contribution in [0.5, 0.6) is 0 Å². The van der Waals surface area contributed by atoms with Gasteiger partial charge in [-0.2, -0.15) is 0 Å². The molecule has 0 bridgehead atoms. The van der Waals surface area contributed by atoms with Crippen molar-refractivity contribution in [3.05, 3.63) is 34.7 Å². The number of imidazole rings is 1. The summed E-state index contributed by atoms with van der Waals surface area (Å²) in [6.45, 7) is 0. The zero-order valence-corrected chi connectivity index (χ0v) is 9.97. The maximum absolute atomic E-state index is 10.9. The van der Waals surface area contributed by atoms with Gasteiger partial charge in [0.15, 0.2) is 5.82 Å². The Bertz CT molecular complexity index is 551. The Labute approximate surface area is 99.9 Å². The Kier molecular flexibility index (Phi) is 2.74. The second-order valence-electron chi connectivity index (χ2n) is 3.23. The van der Waals surface area contributed by atoms with Crippen molar-refractivity contribution in [2.24, 2.45) is 7.05 Å². The van der Waals surface area contributed by atoms with Crippen molar-refractivity contribution in [3.8, 4) is 11.5 Å². The van der Waals surface area contributed by atoms with Gasteiger partial charge < -0.3 is 9.67 Å². The minimum atomic E-state index is -0.987. The third-order valence-corrected chi connectivity index (χ3v) is 2.50. The van der Waals surface area contributed by atoms with Gasteiger partial charge in [0.05, 0.1) is 5.56 Å². The first kappa shape index (κ1) is 10.8. The summed E-state index contributed by atoms with van der Waals surface area (Å²) in [6.07, 6.45) is 3.41. The molecule has 6 heteroatoms. The molecular formula is C10H8BrN3O2. The molecule has 2 heterocycles. The Hall–Kier alpha value is -1.69. The predicted molar refractivity (Wildman–Crippen MR) is 61.1 cm³/mol. The monoisotopic (exact) mass is 281 g/mol. The molecule has 0 aliphatic carbocycles. The molecule has 0 aromatic carbocycles. The topological polar surface area (TPSA) is 68.0 Å². The fourth-order valence-electron chi connectivity index (χ4n) is 1.35. The first-order valence-corrected chi connectivity index (χ1v) is 5.26. The van der Waals surface area contributed by atoms with E-state index in [-0.39, 0.29) is 5.56 Å². The first-order valence-electron chi connectivity index (χ1n) is 4.46. The van der Waals surface area contributed by atoms with Crippen LogP contribution in [0.1, 0.15) is 10.4 Å². The molecule has 0 aliphatic rings. The number of nitrogens with zero attached hydrogens (tertiary/aromatic N) is 3. The van der Waals surface area contributed by atoms with E-state index in [2.05, 4.69) is 25.9 Å². The lowest BCUT2D eigenvalue weighted by Gasteiger charge is -2.03. The zero-order chi connectivity index (χ0) is 11.7. The number of rotatable bonds is 2. The molecule has 0 unspecified atom stereocenters. The number of carboxylic acid groups (broad SMARTS) is 1. The molecule has 2 rings (SSSR count). The second-order valence-corrected chi connectivity index (χ2v) is 4.04. The number of hydrogen-bond acceptors (Lipinski definition) is 3. The van der Waals surface area contributed by atoms with Gasteiger partial charge in [-0.05, 0) is 28.1 Å². The lowest BCUT2D eigenvalue weighted by Crippen LogP contribution is -2.00. The number of carboxylic acids is 1. The third kappa shape index (κ3) is 1.96. The molecule has 5 nitrogen and oxygen atoms in total. The maximum atomic E-state index is 10.9. The van der Waals surface area contributed by atoms with Crippen LogP contribution in [-0.2, 0) is 7.05 Å². The molecule has 0 amide bonds. The fourth-order valence-corrected chi connectivity index (χ4v) is 1.79. The van der Waals surface area contributed by atoms with E-state index in [1.54, 1.807) is 17.0 Å². The summed E-state index contributed by atoms with van der Waals surface area (Å²) in [4.78, 5) is 19.2. The van der Waals surface area contributed by atoms with E-state index >= 15 is 0 Å². The molecule has 2 aromatic heterocycles. The number of carbonyl (C=O) groups is 1. The Morgan fingerprint density at radius 3 is 2.81 bits per heavy atom. The molecule has 0 radical (unpaired) electrons. The summed E-state index contributed by atoms with van der Waals surface area (Å²) in [5, 5.41) is 8.92. The first-order chi connectivity index (χ1) is 7.58. The molecule has 0 saturated carbocycles. The van der Waals surface area contributed by atoms with Crippen molar-refractivity contribution < 1.29 is 9.90 Å². The molecule has 82 valence electrons. The van der Waals surface area contributed by atoms with Crippen LogP contribution >= 0.6 is 15.9 Å². The average molecular weight is 282 g/mol. The number of aryl methyl sites for hydroxylation is 1. The van der Waals surface area contributed by atoms with E-state index in [1.807, 2.05) is 7.05 Å². The van der Waals surface area contributed by atoms with Crippen LogP contribution in [0.15, 0.2) is 29.1 Å². The molecule has 0 aliphatic heterocycles. The maximum Gasteiger partial charge on any atom is 0.335 e. The van der Waals surface area contributed by atoms with Gasteiger partial charge in [0.25, 0.3) is 0 Å². The molecule has 0 saturated heterocycles. The van der Waals surface area contributed by atoms with Crippen molar-refractivity contribution in [1.82, 2.24) is 14.5 Å². The number of aromatic carboxylic acids is 1. The van der Waals surface area contributed by atoms with Crippen LogP contribution in [0.25, 0.3) is 11.5 Å². The van der Waals surface area contributed by atoms with Crippen molar-refractivity contribution >= 4 is 21.9 Å². The summed E-state index contributed by atoms with van der Waals surface area (Å²) >= 11 is 3.18. The summed E-state index contributed by atoms with van der Waals surface area (Å²) in [6, 6.07) is 2.95. The Morgan fingerprint density at radius 1 is 1.50 bits per heavy atom. The SMILES string of the molecule is Cn1ccnc1-c1cc(C(=O)O)cc(Br)n1. The van der Waals surface area contributed by atoms with Crippen molar-refractivity contribution in [3.63, 3.8) is 0 Å². The molecule has 0 fully saturated rings. The van der Waals surface area contributed by atoms with Gasteiger partial charge in [-0.15, -0.1) is 0 Å². The second kappa shape index (κ2) is 4.05. The van der Waals surface area contributed by atoms with E-state index in [0.29, 0.717) is 16.1 Å². The lowest BCUT2D eigenvalue weighted by atomic mass is 10.2. The quantitative estimate of drug-likeness (QED) is 0.855. The number of pyridine rings is 1. The highest BCUT2D eigenvalue weighted by molar-refractivity contribution is 9.10. The van der Waals surface area contributed by atoms with Gasteiger partial charge in [-0.25, -0.2) is 14.8 Å². The zero-order valence-electron chi connectivity index (χ0n) is 8.38. The minimum absolute atomic E-state index is 0.180. The van der Waals surface area contributed by atoms with Crippen LogP contribution < -0.4 is 0 Å². The summed E-state index contributed by atoms with van der Waals surface area (Å²) < 4.78 is 2.26. The molecule has 0 spiro atoms. The molecule has 16 heavy (non-hydrogen) atoms. The minimum Gasteiger partial charge on any atom is -0.478 e. The highest BCUT2D eigenvalue weighted by Gasteiger charge is 2.11. The summed E-state index contributed by atoms with van der Waals surface area (Å²) in [7, 11) is 1.82. The summed E-state index contributed by atoms with van der Waals surface area (Å²) in [5.41, 5.74) is 0.708. The molecule has 2 aromatic rings. The van der Waals surface area contributed by atoms with Gasteiger partial charge in [0, 0.05) is 19.4 Å².